The van der Waals surface area contributed by atoms with E-state index < -0.39 is 10.0 Å². The third-order valence-corrected chi connectivity index (χ3v) is 5.44. The molecule has 110 valence electrons. The molecule has 1 aromatic carbocycles. The highest BCUT2D eigenvalue weighted by atomic mass is 35.5. The molecular formula is C14H13ClN2O2S2. The lowest BCUT2D eigenvalue weighted by Gasteiger charge is -2.07. The van der Waals surface area contributed by atoms with E-state index in [1.54, 1.807) is 18.2 Å². The van der Waals surface area contributed by atoms with Gasteiger partial charge in [0.1, 0.15) is 4.90 Å². The Bertz CT molecular complexity index is 789. The Hall–Kier alpha value is -1.36. The molecule has 0 radical (unpaired) electrons. The van der Waals surface area contributed by atoms with E-state index in [4.69, 9.17) is 17.3 Å². The second-order valence-electron chi connectivity index (χ2n) is 4.02. The Morgan fingerprint density at radius 2 is 2.05 bits per heavy atom. The molecule has 0 atom stereocenters. The molecule has 2 aromatic rings. The third kappa shape index (κ3) is 4.06. The van der Waals surface area contributed by atoms with Crippen molar-refractivity contribution < 1.29 is 8.42 Å². The van der Waals surface area contributed by atoms with Crippen LogP contribution in [-0.2, 0) is 16.6 Å². The van der Waals surface area contributed by atoms with E-state index in [9.17, 15) is 8.42 Å². The highest BCUT2D eigenvalue weighted by Gasteiger charge is 2.17. The van der Waals surface area contributed by atoms with Gasteiger partial charge in [-0.3, -0.25) is 0 Å². The lowest BCUT2D eigenvalue weighted by atomic mass is 10.2. The number of sulfonamides is 1. The van der Waals surface area contributed by atoms with E-state index in [1.807, 2.05) is 11.4 Å². The van der Waals surface area contributed by atoms with Crippen LogP contribution in [0, 0.1) is 11.8 Å². The maximum absolute atomic E-state index is 12.2. The predicted octanol–water partition coefficient (Wildman–Crippen LogP) is 2.19. The first-order valence-electron chi connectivity index (χ1n) is 6.04. The van der Waals surface area contributed by atoms with Gasteiger partial charge in [-0.25, -0.2) is 13.1 Å². The monoisotopic (exact) mass is 340 g/mol. The summed E-state index contributed by atoms with van der Waals surface area (Å²) in [6.45, 7) is 0.431. The first kappa shape index (κ1) is 16.0. The van der Waals surface area contributed by atoms with E-state index in [0.29, 0.717) is 0 Å². The van der Waals surface area contributed by atoms with Crippen LogP contribution in [0.5, 0.6) is 0 Å². The molecule has 0 fully saturated rings. The molecule has 0 aliphatic heterocycles. The van der Waals surface area contributed by atoms with Gasteiger partial charge in [0, 0.05) is 17.0 Å². The van der Waals surface area contributed by atoms with Crippen molar-refractivity contribution in [2.45, 2.75) is 11.4 Å². The van der Waals surface area contributed by atoms with Gasteiger partial charge in [-0.05, 0) is 23.6 Å². The van der Waals surface area contributed by atoms with Crippen molar-refractivity contribution in [2.24, 2.45) is 5.73 Å². The molecule has 2 rings (SSSR count). The maximum atomic E-state index is 12.2. The van der Waals surface area contributed by atoms with Crippen LogP contribution in [-0.4, -0.2) is 15.0 Å². The minimum Gasteiger partial charge on any atom is -0.320 e. The van der Waals surface area contributed by atoms with Crippen LogP contribution in [0.2, 0.25) is 5.02 Å². The van der Waals surface area contributed by atoms with Crippen molar-refractivity contribution >= 4 is 33.0 Å². The molecule has 1 aromatic heterocycles. The molecule has 0 spiro atoms. The van der Waals surface area contributed by atoms with Crippen molar-refractivity contribution in [1.82, 2.24) is 4.72 Å². The fourth-order valence-electron chi connectivity index (χ4n) is 1.64. The Kier molecular flexibility index (Phi) is 5.39. The number of benzene rings is 1. The van der Waals surface area contributed by atoms with Crippen LogP contribution in [0.25, 0.3) is 0 Å². The number of thiophene rings is 1. The first-order chi connectivity index (χ1) is 10.0. The molecule has 0 amide bonds. The van der Waals surface area contributed by atoms with Crippen LogP contribution < -0.4 is 10.5 Å². The minimum absolute atomic E-state index is 0.0674. The van der Waals surface area contributed by atoms with Crippen molar-refractivity contribution in [1.29, 1.82) is 0 Å². The molecule has 0 saturated carbocycles. The molecular weight excluding hydrogens is 328 g/mol. The van der Waals surface area contributed by atoms with Crippen LogP contribution in [0.4, 0.5) is 0 Å². The topological polar surface area (TPSA) is 72.2 Å². The fraction of sp³-hybridized carbons (Fsp3) is 0.143. The summed E-state index contributed by atoms with van der Waals surface area (Å²) in [5, 5.41) is 2.05. The van der Waals surface area contributed by atoms with Crippen LogP contribution >= 0.6 is 22.9 Å². The van der Waals surface area contributed by atoms with E-state index in [0.717, 1.165) is 10.4 Å². The zero-order valence-electron chi connectivity index (χ0n) is 11.0. The minimum atomic E-state index is -3.65. The second kappa shape index (κ2) is 7.07. The molecule has 1 heterocycles. The summed E-state index contributed by atoms with van der Waals surface area (Å²) in [6, 6.07) is 8.16. The molecule has 0 unspecified atom stereocenters. The third-order valence-electron chi connectivity index (χ3n) is 2.62. The van der Waals surface area contributed by atoms with E-state index in [-0.39, 0.29) is 23.0 Å². The Morgan fingerprint density at radius 1 is 1.29 bits per heavy atom. The van der Waals surface area contributed by atoms with Gasteiger partial charge in [-0.15, -0.1) is 11.3 Å². The number of nitrogens with one attached hydrogen (secondary N) is 1. The van der Waals surface area contributed by atoms with Crippen LogP contribution in [0.3, 0.4) is 0 Å². The van der Waals surface area contributed by atoms with Gasteiger partial charge < -0.3 is 5.73 Å². The fourth-order valence-corrected chi connectivity index (χ4v) is 4.01. The molecule has 0 saturated heterocycles. The highest BCUT2D eigenvalue weighted by Crippen LogP contribution is 2.21. The number of nitrogens with two attached hydrogens (primary N) is 1. The molecule has 4 nitrogen and oxygen atoms in total. The summed E-state index contributed by atoms with van der Waals surface area (Å²) < 4.78 is 27.0. The van der Waals surface area contributed by atoms with Gasteiger partial charge in [-0.1, -0.05) is 35.6 Å². The van der Waals surface area contributed by atoms with Crippen molar-refractivity contribution in [2.75, 3.05) is 6.54 Å². The summed E-state index contributed by atoms with van der Waals surface area (Å²) in [5.74, 6) is 5.67. The predicted molar refractivity (Wildman–Crippen MR) is 85.7 cm³/mol. The average molecular weight is 341 g/mol. The molecule has 21 heavy (non-hydrogen) atoms. The quantitative estimate of drug-likeness (QED) is 0.838. The molecule has 0 aliphatic carbocycles. The van der Waals surface area contributed by atoms with Gasteiger partial charge in [0.2, 0.25) is 10.0 Å². The van der Waals surface area contributed by atoms with Gasteiger partial charge in [0.15, 0.2) is 0 Å². The molecule has 0 bridgehead atoms. The van der Waals surface area contributed by atoms with Crippen LogP contribution in [0.1, 0.15) is 10.4 Å². The Labute approximate surface area is 133 Å². The summed E-state index contributed by atoms with van der Waals surface area (Å²) in [7, 11) is -3.65. The Morgan fingerprint density at radius 3 is 2.76 bits per heavy atom. The SMILES string of the molecule is NCC#Cc1ccsc1CNS(=O)(=O)c1ccccc1Cl. The van der Waals surface area contributed by atoms with Crippen LogP contribution in [0.15, 0.2) is 40.6 Å². The average Bonchev–Trinajstić information content (AvgIpc) is 2.91. The lowest BCUT2D eigenvalue weighted by Crippen LogP contribution is -2.23. The maximum Gasteiger partial charge on any atom is 0.242 e. The normalized spacial score (nSPS) is 11.0. The number of halogens is 1. The van der Waals surface area contributed by atoms with Gasteiger partial charge in [0.25, 0.3) is 0 Å². The summed E-state index contributed by atoms with van der Waals surface area (Å²) >= 11 is 7.35. The Balaban J connectivity index is 2.17. The lowest BCUT2D eigenvalue weighted by molar-refractivity contribution is 0.582. The van der Waals surface area contributed by atoms with Gasteiger partial charge in [-0.2, -0.15) is 0 Å². The van der Waals surface area contributed by atoms with Crippen molar-refractivity contribution in [3.63, 3.8) is 0 Å². The number of hydrogen-bond donors (Lipinski definition) is 2. The van der Waals surface area contributed by atoms with E-state index in [1.165, 1.54) is 17.4 Å². The van der Waals surface area contributed by atoms with Crippen molar-refractivity contribution in [3.8, 4) is 11.8 Å². The first-order valence-corrected chi connectivity index (χ1v) is 8.78. The van der Waals surface area contributed by atoms with Gasteiger partial charge in [0.05, 0.1) is 11.6 Å². The summed E-state index contributed by atoms with van der Waals surface area (Å²) in [6.07, 6.45) is 0. The molecule has 3 N–H and O–H groups in total. The molecule has 0 aliphatic rings. The highest BCUT2D eigenvalue weighted by molar-refractivity contribution is 7.89. The molecule has 7 heteroatoms. The second-order valence-corrected chi connectivity index (χ2v) is 7.16. The van der Waals surface area contributed by atoms with Crippen molar-refractivity contribution in [3.05, 3.63) is 51.2 Å². The number of rotatable bonds is 4. The van der Waals surface area contributed by atoms with E-state index >= 15 is 0 Å². The summed E-state index contributed by atoms with van der Waals surface area (Å²) in [4.78, 5) is 0.907. The zero-order chi connectivity index (χ0) is 15.3. The smallest absolute Gasteiger partial charge is 0.242 e. The largest absolute Gasteiger partial charge is 0.320 e. The van der Waals surface area contributed by atoms with Gasteiger partial charge >= 0.3 is 0 Å². The summed E-state index contributed by atoms with van der Waals surface area (Å²) in [5.41, 5.74) is 6.12. The van der Waals surface area contributed by atoms with E-state index in [2.05, 4.69) is 16.6 Å². The zero-order valence-corrected chi connectivity index (χ0v) is 13.4. The standard InChI is InChI=1S/C14H13ClN2O2S2/c15-12-5-1-2-6-14(12)21(18,19)17-10-13-11(4-3-8-16)7-9-20-13/h1-2,5-7,9,17H,8,10,16H2. The number of hydrogen-bond acceptors (Lipinski definition) is 4.